The standard InChI is InChI=1S/C19H17NO/c21-19-13-15-20(18-12-5-4-11-17(18)19)14-7-6-10-16-8-2-1-3-9-16/h1-9,11-13,15H,10,14H2/b7-6+. The topological polar surface area (TPSA) is 22.0 Å². The van der Waals surface area contributed by atoms with Gasteiger partial charge in [-0.05, 0) is 24.1 Å². The maximum absolute atomic E-state index is 11.8. The summed E-state index contributed by atoms with van der Waals surface area (Å²) >= 11 is 0. The van der Waals surface area contributed by atoms with Gasteiger partial charge in [0.15, 0.2) is 5.43 Å². The van der Waals surface area contributed by atoms with E-state index in [9.17, 15) is 4.79 Å². The Morgan fingerprint density at radius 3 is 2.48 bits per heavy atom. The summed E-state index contributed by atoms with van der Waals surface area (Å²) in [6.07, 6.45) is 7.10. The van der Waals surface area contributed by atoms with Crippen LogP contribution < -0.4 is 5.43 Å². The van der Waals surface area contributed by atoms with Crippen LogP contribution in [-0.2, 0) is 13.0 Å². The zero-order chi connectivity index (χ0) is 14.5. The zero-order valence-corrected chi connectivity index (χ0v) is 11.8. The van der Waals surface area contributed by atoms with Crippen LogP contribution in [0.4, 0.5) is 0 Å². The molecule has 0 unspecified atom stereocenters. The molecule has 0 saturated carbocycles. The number of nitrogens with zero attached hydrogens (tertiary/aromatic N) is 1. The van der Waals surface area contributed by atoms with Crippen LogP contribution in [0.5, 0.6) is 0 Å². The first-order valence-corrected chi connectivity index (χ1v) is 7.12. The van der Waals surface area contributed by atoms with Gasteiger partial charge in [-0.25, -0.2) is 0 Å². The molecule has 0 radical (unpaired) electrons. The van der Waals surface area contributed by atoms with Gasteiger partial charge >= 0.3 is 0 Å². The van der Waals surface area contributed by atoms with Crippen LogP contribution in [0.1, 0.15) is 5.56 Å². The molecule has 21 heavy (non-hydrogen) atoms. The van der Waals surface area contributed by atoms with Gasteiger partial charge in [0.2, 0.25) is 0 Å². The van der Waals surface area contributed by atoms with Crippen molar-refractivity contribution in [3.8, 4) is 0 Å². The van der Waals surface area contributed by atoms with Crippen molar-refractivity contribution in [1.82, 2.24) is 4.57 Å². The number of allylic oxidation sites excluding steroid dienone is 2. The zero-order valence-electron chi connectivity index (χ0n) is 11.8. The van der Waals surface area contributed by atoms with Crippen LogP contribution in [0, 0.1) is 0 Å². The molecule has 0 aliphatic carbocycles. The van der Waals surface area contributed by atoms with Crippen molar-refractivity contribution in [2.24, 2.45) is 0 Å². The molecule has 0 aliphatic rings. The molecule has 0 saturated heterocycles. The first kappa shape index (κ1) is 13.4. The second-order valence-electron chi connectivity index (χ2n) is 5.01. The van der Waals surface area contributed by atoms with E-state index in [1.165, 1.54) is 5.56 Å². The molecule has 3 rings (SSSR count). The Morgan fingerprint density at radius 2 is 1.62 bits per heavy atom. The van der Waals surface area contributed by atoms with Crippen molar-refractivity contribution in [1.29, 1.82) is 0 Å². The van der Waals surface area contributed by atoms with Crippen LogP contribution in [0.3, 0.4) is 0 Å². The molecule has 3 aromatic rings. The highest BCUT2D eigenvalue weighted by atomic mass is 16.1. The molecule has 0 fully saturated rings. The number of rotatable bonds is 4. The highest BCUT2D eigenvalue weighted by Gasteiger charge is 1.99. The molecule has 1 aromatic heterocycles. The molecule has 0 aliphatic heterocycles. The van der Waals surface area contributed by atoms with E-state index < -0.39 is 0 Å². The predicted molar refractivity (Wildman–Crippen MR) is 87.5 cm³/mol. The molecule has 0 spiro atoms. The smallest absolute Gasteiger partial charge is 0.189 e. The fraction of sp³-hybridized carbons (Fsp3) is 0.105. The van der Waals surface area contributed by atoms with E-state index in [0.29, 0.717) is 0 Å². The number of para-hydroxylation sites is 1. The maximum atomic E-state index is 11.8. The second-order valence-corrected chi connectivity index (χ2v) is 5.01. The molecule has 2 nitrogen and oxygen atoms in total. The van der Waals surface area contributed by atoms with E-state index in [1.54, 1.807) is 6.07 Å². The summed E-state index contributed by atoms with van der Waals surface area (Å²) in [5.74, 6) is 0. The molecule has 0 amide bonds. The van der Waals surface area contributed by atoms with Gasteiger partial charge in [-0.15, -0.1) is 0 Å². The largest absolute Gasteiger partial charge is 0.343 e. The van der Waals surface area contributed by atoms with Crippen molar-refractivity contribution in [3.05, 3.63) is 94.8 Å². The van der Waals surface area contributed by atoms with Gasteiger partial charge < -0.3 is 4.57 Å². The lowest BCUT2D eigenvalue weighted by Crippen LogP contribution is -2.07. The van der Waals surface area contributed by atoms with Crippen molar-refractivity contribution >= 4 is 10.9 Å². The highest BCUT2D eigenvalue weighted by Crippen LogP contribution is 2.09. The predicted octanol–water partition coefficient (Wildman–Crippen LogP) is 3.80. The van der Waals surface area contributed by atoms with E-state index >= 15 is 0 Å². The van der Waals surface area contributed by atoms with Gasteiger partial charge in [0.1, 0.15) is 0 Å². The van der Waals surface area contributed by atoms with Crippen LogP contribution in [0.15, 0.2) is 83.8 Å². The summed E-state index contributed by atoms with van der Waals surface area (Å²) in [6, 6.07) is 19.7. The lowest BCUT2D eigenvalue weighted by molar-refractivity contribution is 0.848. The summed E-state index contributed by atoms with van der Waals surface area (Å²) in [6.45, 7) is 0.771. The number of hydrogen-bond acceptors (Lipinski definition) is 1. The van der Waals surface area contributed by atoms with Crippen molar-refractivity contribution in [2.75, 3.05) is 0 Å². The van der Waals surface area contributed by atoms with Crippen LogP contribution >= 0.6 is 0 Å². The minimum absolute atomic E-state index is 0.0788. The third-order valence-electron chi connectivity index (χ3n) is 3.55. The van der Waals surface area contributed by atoms with Gasteiger partial charge in [0.25, 0.3) is 0 Å². The summed E-state index contributed by atoms with van der Waals surface area (Å²) in [5, 5.41) is 0.774. The Kier molecular flexibility index (Phi) is 3.97. The minimum Gasteiger partial charge on any atom is -0.343 e. The number of fused-ring (bicyclic) bond motifs is 1. The number of pyridine rings is 1. The van der Waals surface area contributed by atoms with Gasteiger partial charge in [0.05, 0.1) is 5.52 Å². The van der Waals surface area contributed by atoms with Gasteiger partial charge in [0, 0.05) is 24.2 Å². The number of hydrogen-bond donors (Lipinski definition) is 0. The fourth-order valence-electron chi connectivity index (χ4n) is 2.44. The fourth-order valence-corrected chi connectivity index (χ4v) is 2.44. The van der Waals surface area contributed by atoms with Crippen LogP contribution in [0.25, 0.3) is 10.9 Å². The number of benzene rings is 2. The molecular formula is C19H17NO. The quantitative estimate of drug-likeness (QED) is 0.664. The molecule has 0 N–H and O–H groups in total. The first-order chi connectivity index (χ1) is 10.3. The average Bonchev–Trinajstić information content (AvgIpc) is 2.55. The third-order valence-corrected chi connectivity index (χ3v) is 3.55. The Balaban J connectivity index is 1.77. The van der Waals surface area contributed by atoms with Crippen molar-refractivity contribution in [2.45, 2.75) is 13.0 Å². The van der Waals surface area contributed by atoms with Crippen LogP contribution in [0.2, 0.25) is 0 Å². The van der Waals surface area contributed by atoms with E-state index in [1.807, 2.05) is 36.5 Å². The van der Waals surface area contributed by atoms with Crippen molar-refractivity contribution < 1.29 is 0 Å². The third kappa shape index (κ3) is 3.11. The normalized spacial score (nSPS) is 11.2. The van der Waals surface area contributed by atoms with E-state index in [0.717, 1.165) is 23.9 Å². The molecule has 0 bridgehead atoms. The Morgan fingerprint density at radius 1 is 0.857 bits per heavy atom. The van der Waals surface area contributed by atoms with E-state index in [4.69, 9.17) is 0 Å². The molecule has 1 heterocycles. The Bertz CT molecular complexity index is 816. The SMILES string of the molecule is O=c1ccn(C/C=C/Cc2ccccc2)c2ccccc12. The summed E-state index contributed by atoms with van der Waals surface area (Å²) in [4.78, 5) is 11.8. The van der Waals surface area contributed by atoms with Crippen LogP contribution in [-0.4, -0.2) is 4.57 Å². The number of aromatic nitrogens is 1. The van der Waals surface area contributed by atoms with Gasteiger partial charge in [-0.2, -0.15) is 0 Å². The summed E-state index contributed by atoms with van der Waals surface area (Å²) in [7, 11) is 0. The molecule has 0 atom stereocenters. The average molecular weight is 275 g/mol. The maximum Gasteiger partial charge on any atom is 0.189 e. The highest BCUT2D eigenvalue weighted by molar-refractivity contribution is 5.78. The Hall–Kier alpha value is -2.61. The molecular weight excluding hydrogens is 258 g/mol. The monoisotopic (exact) mass is 275 g/mol. The molecule has 2 aromatic carbocycles. The van der Waals surface area contributed by atoms with Crippen molar-refractivity contribution in [3.63, 3.8) is 0 Å². The van der Waals surface area contributed by atoms with E-state index in [-0.39, 0.29) is 5.43 Å². The Labute approximate surface area is 124 Å². The van der Waals surface area contributed by atoms with Gasteiger partial charge in [-0.1, -0.05) is 54.6 Å². The molecule has 104 valence electrons. The summed E-state index contributed by atoms with van der Waals surface area (Å²) < 4.78 is 2.10. The lowest BCUT2D eigenvalue weighted by atomic mass is 10.1. The van der Waals surface area contributed by atoms with E-state index in [2.05, 4.69) is 41.0 Å². The summed E-state index contributed by atoms with van der Waals surface area (Å²) in [5.41, 5.74) is 2.36. The minimum atomic E-state index is 0.0788. The first-order valence-electron chi connectivity index (χ1n) is 7.12. The van der Waals surface area contributed by atoms with Gasteiger partial charge in [-0.3, -0.25) is 4.79 Å². The lowest BCUT2D eigenvalue weighted by Gasteiger charge is -2.07. The second kappa shape index (κ2) is 6.23. The molecule has 2 heteroatoms.